The lowest BCUT2D eigenvalue weighted by Crippen LogP contribution is -2.14. The molecule has 1 N–H and O–H groups in total. The van der Waals surface area contributed by atoms with Gasteiger partial charge in [-0.05, 0) is 23.8 Å². The van der Waals surface area contributed by atoms with E-state index in [-0.39, 0.29) is 5.91 Å². The normalized spacial score (nSPS) is 10.6. The van der Waals surface area contributed by atoms with Crippen LogP contribution in [-0.4, -0.2) is 15.9 Å². The number of fused-ring (bicyclic) bond motifs is 1. The molecular formula is C21H15N3O. The molecule has 25 heavy (non-hydrogen) atoms. The number of nitrogens with zero attached hydrogens (tertiary/aromatic N) is 2. The Bertz CT molecular complexity index is 1040. The van der Waals surface area contributed by atoms with E-state index in [0.29, 0.717) is 11.2 Å². The zero-order valence-corrected chi connectivity index (χ0v) is 13.4. The fraction of sp³-hybridized carbons (Fsp3) is 0. The molecule has 0 fully saturated rings. The Morgan fingerprint density at radius 1 is 0.760 bits per heavy atom. The number of carbonyl (C=O) groups excluding carboxylic acids is 1. The van der Waals surface area contributed by atoms with Crippen molar-refractivity contribution in [2.45, 2.75) is 0 Å². The van der Waals surface area contributed by atoms with E-state index in [1.165, 1.54) is 6.20 Å². The summed E-state index contributed by atoms with van der Waals surface area (Å²) in [5.74, 6) is -0.276. The highest BCUT2D eigenvalue weighted by molar-refractivity contribution is 6.05. The van der Waals surface area contributed by atoms with Crippen molar-refractivity contribution in [1.82, 2.24) is 9.97 Å². The molecule has 4 rings (SSSR count). The second-order valence-electron chi connectivity index (χ2n) is 5.61. The van der Waals surface area contributed by atoms with Crippen LogP contribution in [-0.2, 0) is 0 Å². The topological polar surface area (TPSA) is 54.9 Å². The highest BCUT2D eigenvalue weighted by Crippen LogP contribution is 2.27. The third-order valence-electron chi connectivity index (χ3n) is 3.94. The van der Waals surface area contributed by atoms with Crippen LogP contribution in [0.2, 0.25) is 0 Å². The molecule has 4 nitrogen and oxygen atoms in total. The highest BCUT2D eigenvalue weighted by atomic mass is 16.1. The third-order valence-corrected chi connectivity index (χ3v) is 3.94. The Balaban J connectivity index is 1.67. The monoisotopic (exact) mass is 325 g/mol. The van der Waals surface area contributed by atoms with Crippen LogP contribution in [0.4, 0.5) is 5.69 Å². The molecule has 0 atom stereocenters. The summed E-state index contributed by atoms with van der Waals surface area (Å²) in [7, 11) is 0. The van der Waals surface area contributed by atoms with Gasteiger partial charge in [-0.25, -0.2) is 4.98 Å². The first kappa shape index (κ1) is 15.0. The predicted molar refractivity (Wildman–Crippen MR) is 99.4 cm³/mol. The number of hydrogen-bond acceptors (Lipinski definition) is 3. The van der Waals surface area contributed by atoms with Crippen LogP contribution in [0.5, 0.6) is 0 Å². The first-order valence-corrected chi connectivity index (χ1v) is 7.99. The minimum absolute atomic E-state index is 0.276. The maximum atomic E-state index is 12.6. The Labute approximate surface area is 145 Å². The minimum atomic E-state index is -0.276. The Morgan fingerprint density at radius 3 is 2.28 bits per heavy atom. The van der Waals surface area contributed by atoms with Crippen LogP contribution >= 0.6 is 0 Å². The van der Waals surface area contributed by atoms with E-state index in [0.717, 1.165) is 22.3 Å². The van der Waals surface area contributed by atoms with Gasteiger partial charge in [0.15, 0.2) is 0 Å². The van der Waals surface area contributed by atoms with E-state index >= 15 is 0 Å². The van der Waals surface area contributed by atoms with Crippen molar-refractivity contribution >= 4 is 22.6 Å². The van der Waals surface area contributed by atoms with Crippen molar-refractivity contribution < 1.29 is 4.79 Å². The van der Waals surface area contributed by atoms with E-state index in [9.17, 15) is 4.79 Å². The van der Waals surface area contributed by atoms with Crippen molar-refractivity contribution in [2.75, 3.05) is 5.32 Å². The van der Waals surface area contributed by atoms with Gasteiger partial charge in [-0.3, -0.25) is 9.78 Å². The van der Waals surface area contributed by atoms with Gasteiger partial charge in [0.25, 0.3) is 5.91 Å². The zero-order chi connectivity index (χ0) is 17.1. The molecule has 0 unspecified atom stereocenters. The van der Waals surface area contributed by atoms with Gasteiger partial charge in [0.05, 0.1) is 17.2 Å². The molecule has 0 aliphatic rings. The van der Waals surface area contributed by atoms with Crippen molar-refractivity contribution in [3.05, 3.63) is 90.8 Å². The lowest BCUT2D eigenvalue weighted by molar-refractivity contribution is 0.102. The summed E-state index contributed by atoms with van der Waals surface area (Å²) in [6.07, 6.45) is 1.50. The second kappa shape index (κ2) is 6.53. The van der Waals surface area contributed by atoms with Gasteiger partial charge in [-0.2, -0.15) is 0 Å². The highest BCUT2D eigenvalue weighted by Gasteiger charge is 2.12. The van der Waals surface area contributed by atoms with Gasteiger partial charge in [-0.1, -0.05) is 60.7 Å². The fourth-order valence-corrected chi connectivity index (χ4v) is 2.71. The molecular weight excluding hydrogens is 310 g/mol. The quantitative estimate of drug-likeness (QED) is 0.601. The van der Waals surface area contributed by atoms with Crippen molar-refractivity contribution in [3.63, 3.8) is 0 Å². The summed E-state index contributed by atoms with van der Waals surface area (Å²) in [5.41, 5.74) is 4.51. The van der Waals surface area contributed by atoms with Crippen molar-refractivity contribution in [3.8, 4) is 11.1 Å². The number of amides is 1. The van der Waals surface area contributed by atoms with Crippen LogP contribution in [0.25, 0.3) is 22.2 Å². The first-order chi connectivity index (χ1) is 12.3. The summed E-state index contributed by atoms with van der Waals surface area (Å²) < 4.78 is 0. The van der Waals surface area contributed by atoms with Gasteiger partial charge in [0, 0.05) is 11.3 Å². The number of carbonyl (C=O) groups is 1. The number of aromatic nitrogens is 2. The molecule has 0 radical (unpaired) electrons. The summed E-state index contributed by atoms with van der Waals surface area (Å²) in [6.45, 7) is 0. The largest absolute Gasteiger partial charge is 0.320 e. The molecule has 3 aromatic carbocycles. The lowest BCUT2D eigenvalue weighted by atomic mass is 10.0. The Morgan fingerprint density at radius 2 is 1.44 bits per heavy atom. The number of benzene rings is 3. The summed E-state index contributed by atoms with van der Waals surface area (Å²) in [4.78, 5) is 21.3. The number of hydrogen-bond donors (Lipinski definition) is 1. The Kier molecular flexibility index (Phi) is 3.92. The van der Waals surface area contributed by atoms with E-state index in [4.69, 9.17) is 0 Å². The maximum absolute atomic E-state index is 12.6. The lowest BCUT2D eigenvalue weighted by Gasteiger charge is -2.11. The molecule has 1 aromatic heterocycles. The van der Waals surface area contributed by atoms with Gasteiger partial charge in [0.2, 0.25) is 0 Å². The van der Waals surface area contributed by atoms with E-state index in [1.54, 1.807) is 0 Å². The standard InChI is InChI=1S/C21H15N3O/c25-21(20-14-22-18-12-6-7-13-19(18)23-20)24-17-11-5-4-10-16(17)15-8-2-1-3-9-15/h1-14H,(H,24,25). The average Bonchev–Trinajstić information content (AvgIpc) is 2.68. The van der Waals surface area contributed by atoms with Crippen LogP contribution < -0.4 is 5.32 Å². The summed E-state index contributed by atoms with van der Waals surface area (Å²) in [6, 6.07) is 25.2. The van der Waals surface area contributed by atoms with Gasteiger partial charge in [0.1, 0.15) is 5.69 Å². The zero-order valence-electron chi connectivity index (χ0n) is 13.4. The number of nitrogens with one attached hydrogen (secondary N) is 1. The van der Waals surface area contributed by atoms with E-state index in [1.807, 2.05) is 78.9 Å². The third kappa shape index (κ3) is 3.10. The fourth-order valence-electron chi connectivity index (χ4n) is 2.71. The number of anilines is 1. The number of para-hydroxylation sites is 3. The smallest absolute Gasteiger partial charge is 0.275 e. The first-order valence-electron chi connectivity index (χ1n) is 7.99. The molecule has 0 aliphatic carbocycles. The van der Waals surface area contributed by atoms with E-state index in [2.05, 4.69) is 15.3 Å². The molecule has 0 bridgehead atoms. The minimum Gasteiger partial charge on any atom is -0.320 e. The summed E-state index contributed by atoms with van der Waals surface area (Å²) >= 11 is 0. The molecule has 1 heterocycles. The van der Waals surface area contributed by atoms with Crippen molar-refractivity contribution in [2.24, 2.45) is 0 Å². The SMILES string of the molecule is O=C(Nc1ccccc1-c1ccccc1)c1cnc2ccccc2n1. The Hall–Kier alpha value is -3.53. The van der Waals surface area contributed by atoms with Gasteiger partial charge in [-0.15, -0.1) is 0 Å². The maximum Gasteiger partial charge on any atom is 0.275 e. The van der Waals surface area contributed by atoms with Crippen LogP contribution in [0.1, 0.15) is 10.5 Å². The number of rotatable bonds is 3. The van der Waals surface area contributed by atoms with Crippen molar-refractivity contribution in [1.29, 1.82) is 0 Å². The molecule has 120 valence electrons. The second-order valence-corrected chi connectivity index (χ2v) is 5.61. The molecule has 0 saturated carbocycles. The van der Waals surface area contributed by atoms with E-state index < -0.39 is 0 Å². The van der Waals surface area contributed by atoms with Gasteiger partial charge >= 0.3 is 0 Å². The molecule has 1 amide bonds. The van der Waals surface area contributed by atoms with Crippen LogP contribution in [0.3, 0.4) is 0 Å². The predicted octanol–water partition coefficient (Wildman–Crippen LogP) is 4.55. The molecule has 4 aromatic rings. The summed E-state index contributed by atoms with van der Waals surface area (Å²) in [5, 5.41) is 2.95. The van der Waals surface area contributed by atoms with Crippen LogP contribution in [0, 0.1) is 0 Å². The molecule has 0 spiro atoms. The molecule has 0 saturated heterocycles. The molecule has 0 aliphatic heterocycles. The molecule has 4 heteroatoms. The average molecular weight is 325 g/mol. The van der Waals surface area contributed by atoms with Crippen LogP contribution in [0.15, 0.2) is 85.1 Å². The van der Waals surface area contributed by atoms with Gasteiger partial charge < -0.3 is 5.32 Å².